The SMILES string of the molecule is CC(=O)O[C@H]1[C@@H](OCc2ccccc2)[C@H](OCc2ccccc2)[C@@H](COCc2ccccc2)O[C@@H]1O. The summed E-state index contributed by atoms with van der Waals surface area (Å²) < 4.78 is 29.8. The maximum absolute atomic E-state index is 11.9. The maximum Gasteiger partial charge on any atom is 0.303 e. The fourth-order valence-electron chi connectivity index (χ4n) is 4.14. The molecule has 7 heteroatoms. The van der Waals surface area contributed by atoms with E-state index in [1.165, 1.54) is 6.92 Å². The third-order valence-corrected chi connectivity index (χ3v) is 5.88. The predicted molar refractivity (Wildman–Crippen MR) is 133 cm³/mol. The highest BCUT2D eigenvalue weighted by Crippen LogP contribution is 2.29. The molecule has 1 saturated heterocycles. The average molecular weight is 493 g/mol. The van der Waals surface area contributed by atoms with E-state index in [2.05, 4.69) is 0 Å². The summed E-state index contributed by atoms with van der Waals surface area (Å²) in [5, 5.41) is 10.8. The quantitative estimate of drug-likeness (QED) is 0.405. The van der Waals surface area contributed by atoms with E-state index in [0.29, 0.717) is 6.61 Å². The van der Waals surface area contributed by atoms with E-state index in [1.807, 2.05) is 91.0 Å². The van der Waals surface area contributed by atoms with Crippen LogP contribution in [0, 0.1) is 0 Å². The molecule has 1 heterocycles. The normalized spacial score (nSPS) is 23.8. The number of esters is 1. The van der Waals surface area contributed by atoms with Crippen molar-refractivity contribution in [2.75, 3.05) is 6.61 Å². The van der Waals surface area contributed by atoms with Gasteiger partial charge in [-0.15, -0.1) is 0 Å². The topological polar surface area (TPSA) is 83.5 Å². The first kappa shape index (κ1) is 26.0. The molecular weight excluding hydrogens is 460 g/mol. The highest BCUT2D eigenvalue weighted by Gasteiger charge is 2.49. The van der Waals surface area contributed by atoms with Gasteiger partial charge in [0.05, 0.1) is 26.4 Å². The van der Waals surface area contributed by atoms with Gasteiger partial charge in [-0.05, 0) is 16.7 Å². The van der Waals surface area contributed by atoms with Crippen LogP contribution < -0.4 is 0 Å². The zero-order valence-corrected chi connectivity index (χ0v) is 20.3. The lowest BCUT2D eigenvalue weighted by molar-refractivity contribution is -0.309. The molecule has 0 aliphatic carbocycles. The van der Waals surface area contributed by atoms with Crippen molar-refractivity contribution in [2.45, 2.75) is 57.5 Å². The average Bonchev–Trinajstić information content (AvgIpc) is 2.90. The van der Waals surface area contributed by atoms with Crippen molar-refractivity contribution >= 4 is 5.97 Å². The van der Waals surface area contributed by atoms with Crippen LogP contribution in [-0.4, -0.2) is 48.4 Å². The van der Waals surface area contributed by atoms with Gasteiger partial charge in [0.15, 0.2) is 12.4 Å². The van der Waals surface area contributed by atoms with Gasteiger partial charge in [0.2, 0.25) is 0 Å². The first-order valence-electron chi connectivity index (χ1n) is 12.0. The Morgan fingerprint density at radius 3 is 1.69 bits per heavy atom. The van der Waals surface area contributed by atoms with Gasteiger partial charge in [0.25, 0.3) is 0 Å². The van der Waals surface area contributed by atoms with E-state index in [9.17, 15) is 9.90 Å². The third-order valence-electron chi connectivity index (χ3n) is 5.88. The van der Waals surface area contributed by atoms with Crippen LogP contribution in [0.4, 0.5) is 0 Å². The van der Waals surface area contributed by atoms with Crippen molar-refractivity contribution in [1.29, 1.82) is 0 Å². The van der Waals surface area contributed by atoms with Crippen LogP contribution in [0.25, 0.3) is 0 Å². The minimum Gasteiger partial charge on any atom is -0.454 e. The molecule has 4 rings (SSSR count). The fourth-order valence-corrected chi connectivity index (χ4v) is 4.14. The number of hydrogen-bond donors (Lipinski definition) is 1. The number of benzene rings is 3. The summed E-state index contributed by atoms with van der Waals surface area (Å²) in [5.41, 5.74) is 2.93. The zero-order valence-electron chi connectivity index (χ0n) is 20.3. The van der Waals surface area contributed by atoms with E-state index in [4.69, 9.17) is 23.7 Å². The Labute approximate surface area is 211 Å². The number of carbonyl (C=O) groups excluding carboxylic acids is 1. The molecular formula is C29H32O7. The van der Waals surface area contributed by atoms with Crippen molar-refractivity contribution in [3.8, 4) is 0 Å². The molecule has 0 amide bonds. The molecule has 0 radical (unpaired) electrons. The van der Waals surface area contributed by atoms with Crippen molar-refractivity contribution < 1.29 is 33.6 Å². The summed E-state index contributed by atoms with van der Waals surface area (Å²) >= 11 is 0. The fraction of sp³-hybridized carbons (Fsp3) is 0.345. The molecule has 0 spiro atoms. The van der Waals surface area contributed by atoms with Crippen LogP contribution in [0.3, 0.4) is 0 Å². The second-order valence-electron chi connectivity index (χ2n) is 8.66. The first-order valence-corrected chi connectivity index (χ1v) is 12.0. The highest BCUT2D eigenvalue weighted by molar-refractivity contribution is 5.66. The molecule has 5 atom stereocenters. The molecule has 0 aromatic heterocycles. The number of aliphatic hydroxyl groups excluding tert-OH is 1. The summed E-state index contributed by atoms with van der Waals surface area (Å²) in [6.07, 6.45) is -4.56. The molecule has 0 bridgehead atoms. The van der Waals surface area contributed by atoms with Crippen molar-refractivity contribution in [3.05, 3.63) is 108 Å². The smallest absolute Gasteiger partial charge is 0.303 e. The van der Waals surface area contributed by atoms with Gasteiger partial charge in [-0.2, -0.15) is 0 Å². The largest absolute Gasteiger partial charge is 0.454 e. The molecule has 1 N–H and O–H groups in total. The van der Waals surface area contributed by atoms with E-state index in [-0.39, 0.29) is 19.8 Å². The van der Waals surface area contributed by atoms with Gasteiger partial charge in [-0.25, -0.2) is 0 Å². The Morgan fingerprint density at radius 1 is 0.722 bits per heavy atom. The van der Waals surface area contributed by atoms with Crippen LogP contribution in [0.2, 0.25) is 0 Å². The van der Waals surface area contributed by atoms with Gasteiger partial charge in [-0.1, -0.05) is 91.0 Å². The summed E-state index contributed by atoms with van der Waals surface area (Å²) in [6.45, 7) is 2.36. The second kappa shape index (κ2) is 13.3. The highest BCUT2D eigenvalue weighted by atomic mass is 16.7. The zero-order chi connectivity index (χ0) is 25.2. The van der Waals surface area contributed by atoms with Crippen LogP contribution in [0.1, 0.15) is 23.6 Å². The number of hydrogen-bond acceptors (Lipinski definition) is 7. The molecule has 1 aliphatic heterocycles. The molecule has 0 saturated carbocycles. The molecule has 7 nitrogen and oxygen atoms in total. The van der Waals surface area contributed by atoms with Crippen molar-refractivity contribution in [1.82, 2.24) is 0 Å². The lowest BCUT2D eigenvalue weighted by Crippen LogP contribution is -2.61. The Morgan fingerprint density at radius 2 is 1.19 bits per heavy atom. The minimum absolute atomic E-state index is 0.156. The molecule has 0 unspecified atom stereocenters. The van der Waals surface area contributed by atoms with Crippen LogP contribution >= 0.6 is 0 Å². The Hall–Kier alpha value is -3.07. The van der Waals surface area contributed by atoms with Gasteiger partial charge in [0.1, 0.15) is 18.3 Å². The first-order chi connectivity index (χ1) is 17.6. The molecule has 3 aromatic carbocycles. The second-order valence-corrected chi connectivity index (χ2v) is 8.66. The molecule has 3 aromatic rings. The number of carbonyl (C=O) groups is 1. The van der Waals surface area contributed by atoms with Gasteiger partial charge in [0, 0.05) is 6.92 Å². The Kier molecular flexibility index (Phi) is 9.61. The van der Waals surface area contributed by atoms with Crippen LogP contribution in [0.5, 0.6) is 0 Å². The van der Waals surface area contributed by atoms with Crippen molar-refractivity contribution in [2.24, 2.45) is 0 Å². The predicted octanol–water partition coefficient (Wildman–Crippen LogP) is 4.02. The Balaban J connectivity index is 1.53. The van der Waals surface area contributed by atoms with Gasteiger partial charge < -0.3 is 28.8 Å². The number of rotatable bonds is 11. The molecule has 190 valence electrons. The standard InChI is InChI=1S/C29H32O7/c1-21(30)35-28-27(34-19-24-15-9-4-10-16-24)26(33-18-23-13-7-3-8-14-23)25(36-29(28)31)20-32-17-22-11-5-2-6-12-22/h2-16,25-29,31H,17-20H2,1H3/t25-,26-,27+,28+,29+/m1/s1. The summed E-state index contributed by atoms with van der Waals surface area (Å²) in [6, 6.07) is 29.2. The molecule has 1 fully saturated rings. The maximum atomic E-state index is 11.9. The van der Waals surface area contributed by atoms with E-state index in [1.54, 1.807) is 0 Å². The summed E-state index contributed by atoms with van der Waals surface area (Å²) in [5.74, 6) is -0.545. The Bertz CT molecular complexity index is 1040. The van der Waals surface area contributed by atoms with E-state index < -0.39 is 36.7 Å². The third kappa shape index (κ3) is 7.46. The van der Waals surface area contributed by atoms with Crippen LogP contribution in [0.15, 0.2) is 91.0 Å². The molecule has 1 aliphatic rings. The van der Waals surface area contributed by atoms with Gasteiger partial charge in [-0.3, -0.25) is 4.79 Å². The van der Waals surface area contributed by atoms with E-state index >= 15 is 0 Å². The number of ether oxygens (including phenoxy) is 5. The van der Waals surface area contributed by atoms with Crippen molar-refractivity contribution in [3.63, 3.8) is 0 Å². The minimum atomic E-state index is -1.39. The van der Waals surface area contributed by atoms with Crippen LogP contribution in [-0.2, 0) is 48.3 Å². The lowest BCUT2D eigenvalue weighted by Gasteiger charge is -2.44. The van der Waals surface area contributed by atoms with E-state index in [0.717, 1.165) is 16.7 Å². The summed E-state index contributed by atoms with van der Waals surface area (Å²) in [4.78, 5) is 11.9. The molecule has 36 heavy (non-hydrogen) atoms. The lowest BCUT2D eigenvalue weighted by atomic mass is 9.98. The van der Waals surface area contributed by atoms with Gasteiger partial charge >= 0.3 is 5.97 Å². The summed E-state index contributed by atoms with van der Waals surface area (Å²) in [7, 11) is 0. The monoisotopic (exact) mass is 492 g/mol. The number of aliphatic hydroxyl groups is 1.